The van der Waals surface area contributed by atoms with Crippen LogP contribution in [-0.4, -0.2) is 18.3 Å². The Morgan fingerprint density at radius 2 is 1.83 bits per heavy atom. The van der Waals surface area contributed by atoms with Gasteiger partial charge >= 0.3 is 0 Å². The molecule has 3 nitrogen and oxygen atoms in total. The second-order valence-corrected chi connectivity index (χ2v) is 6.43. The third kappa shape index (κ3) is 4.81. The van der Waals surface area contributed by atoms with Crippen LogP contribution in [0.4, 0.5) is 0 Å². The summed E-state index contributed by atoms with van der Waals surface area (Å²) in [5, 5.41) is 11.3. The Bertz CT molecular complexity index is 315. The smallest absolute Gasteiger partial charge is 0.0332 e. The molecule has 1 fully saturated rings. The van der Waals surface area contributed by atoms with E-state index in [1.165, 1.54) is 25.7 Å². The van der Waals surface area contributed by atoms with Gasteiger partial charge in [-0.3, -0.25) is 0 Å². The van der Waals surface area contributed by atoms with Crippen molar-refractivity contribution in [3.8, 4) is 0 Å². The lowest BCUT2D eigenvalue weighted by Crippen LogP contribution is -2.36. The van der Waals surface area contributed by atoms with Crippen molar-refractivity contribution in [2.24, 2.45) is 11.1 Å². The van der Waals surface area contributed by atoms with E-state index in [9.17, 15) is 0 Å². The Morgan fingerprint density at radius 1 is 1.28 bits per heavy atom. The van der Waals surface area contributed by atoms with Crippen molar-refractivity contribution in [1.82, 2.24) is 5.32 Å². The zero-order valence-corrected chi connectivity index (χ0v) is 12.4. The van der Waals surface area contributed by atoms with Crippen LogP contribution in [-0.2, 0) is 0 Å². The van der Waals surface area contributed by atoms with Crippen LogP contribution in [0, 0.1) is 10.8 Å². The molecular weight excluding hydrogens is 222 g/mol. The molecule has 0 aromatic heterocycles. The Morgan fingerprint density at radius 3 is 2.28 bits per heavy atom. The molecule has 0 heterocycles. The molecule has 0 amide bonds. The summed E-state index contributed by atoms with van der Waals surface area (Å²) in [5.41, 5.74) is 8.72. The van der Waals surface area contributed by atoms with Crippen molar-refractivity contribution in [3.05, 3.63) is 11.3 Å². The topological polar surface area (TPSA) is 61.9 Å². The lowest BCUT2D eigenvalue weighted by atomic mass is 9.75. The molecule has 0 aromatic rings. The Hall–Kier alpha value is -0.830. The predicted octanol–water partition coefficient (Wildman–Crippen LogP) is 3.21. The SMILES string of the molecule is CC(=N)/C(CCNC1CCC(C)(C)CC1)=C(/C)N. The van der Waals surface area contributed by atoms with Gasteiger partial charge in [0.1, 0.15) is 0 Å². The van der Waals surface area contributed by atoms with Gasteiger partial charge in [0.25, 0.3) is 0 Å². The molecule has 0 spiro atoms. The van der Waals surface area contributed by atoms with Gasteiger partial charge in [-0.15, -0.1) is 0 Å². The normalized spacial score (nSPS) is 21.6. The minimum absolute atomic E-state index is 0.530. The zero-order chi connectivity index (χ0) is 13.8. The van der Waals surface area contributed by atoms with Crippen LogP contribution in [0.3, 0.4) is 0 Å². The van der Waals surface area contributed by atoms with E-state index in [2.05, 4.69) is 19.2 Å². The number of rotatable bonds is 5. The molecule has 0 unspecified atom stereocenters. The third-order valence-corrected chi connectivity index (χ3v) is 4.08. The molecule has 1 rings (SSSR count). The summed E-state index contributed by atoms with van der Waals surface area (Å²) in [4.78, 5) is 0. The van der Waals surface area contributed by atoms with Gasteiger partial charge in [-0.25, -0.2) is 0 Å². The molecule has 0 aromatic carbocycles. The van der Waals surface area contributed by atoms with E-state index < -0.39 is 0 Å². The molecule has 1 aliphatic rings. The summed E-state index contributed by atoms with van der Waals surface area (Å²) in [5.74, 6) is 0. The van der Waals surface area contributed by atoms with Gasteiger partial charge in [0.05, 0.1) is 0 Å². The van der Waals surface area contributed by atoms with Crippen molar-refractivity contribution in [3.63, 3.8) is 0 Å². The highest BCUT2D eigenvalue weighted by Gasteiger charge is 2.26. The zero-order valence-electron chi connectivity index (χ0n) is 12.4. The summed E-state index contributed by atoms with van der Waals surface area (Å²) < 4.78 is 0. The van der Waals surface area contributed by atoms with Gasteiger partial charge < -0.3 is 16.5 Å². The van der Waals surface area contributed by atoms with Crippen LogP contribution in [0.1, 0.15) is 59.8 Å². The van der Waals surface area contributed by atoms with E-state index in [-0.39, 0.29) is 0 Å². The molecule has 3 heteroatoms. The molecule has 0 atom stereocenters. The third-order valence-electron chi connectivity index (χ3n) is 4.08. The summed E-state index contributed by atoms with van der Waals surface area (Å²) >= 11 is 0. The average Bonchev–Trinajstić information content (AvgIpc) is 2.25. The molecule has 1 saturated carbocycles. The molecule has 104 valence electrons. The van der Waals surface area contributed by atoms with E-state index in [1.54, 1.807) is 0 Å². The second-order valence-electron chi connectivity index (χ2n) is 6.43. The van der Waals surface area contributed by atoms with Gasteiger partial charge in [-0.05, 0) is 63.5 Å². The number of hydrogen-bond acceptors (Lipinski definition) is 3. The first-order chi connectivity index (χ1) is 8.32. The maximum Gasteiger partial charge on any atom is 0.0332 e. The first kappa shape index (κ1) is 15.2. The van der Waals surface area contributed by atoms with E-state index in [0.717, 1.165) is 24.2 Å². The Balaban J connectivity index is 2.31. The number of nitrogens with one attached hydrogen (secondary N) is 2. The number of nitrogens with two attached hydrogens (primary N) is 1. The van der Waals surface area contributed by atoms with Crippen LogP contribution < -0.4 is 11.1 Å². The maximum atomic E-state index is 7.69. The fourth-order valence-corrected chi connectivity index (χ4v) is 2.69. The van der Waals surface area contributed by atoms with Crippen LogP contribution in [0.25, 0.3) is 0 Å². The van der Waals surface area contributed by atoms with Gasteiger partial charge in [0.2, 0.25) is 0 Å². The monoisotopic (exact) mass is 251 g/mol. The quantitative estimate of drug-likeness (QED) is 0.657. The molecule has 0 saturated heterocycles. The van der Waals surface area contributed by atoms with E-state index in [4.69, 9.17) is 11.1 Å². The predicted molar refractivity (Wildman–Crippen MR) is 78.9 cm³/mol. The van der Waals surface area contributed by atoms with Crippen LogP contribution in [0.2, 0.25) is 0 Å². The fraction of sp³-hybridized carbons (Fsp3) is 0.800. The molecule has 0 aliphatic heterocycles. The first-order valence-corrected chi connectivity index (χ1v) is 7.06. The van der Waals surface area contributed by atoms with Crippen LogP contribution in [0.5, 0.6) is 0 Å². The fourth-order valence-electron chi connectivity index (χ4n) is 2.69. The van der Waals surface area contributed by atoms with Crippen LogP contribution in [0.15, 0.2) is 11.3 Å². The van der Waals surface area contributed by atoms with Crippen molar-refractivity contribution in [2.75, 3.05) is 6.54 Å². The standard InChI is InChI=1S/C15H29N3/c1-11(16)14(12(2)17)7-10-18-13-5-8-15(3,4)9-6-13/h13,16,18H,5-10,17H2,1-4H3/b14-12-,16-11?. The van der Waals surface area contributed by atoms with Crippen molar-refractivity contribution in [1.29, 1.82) is 5.41 Å². The van der Waals surface area contributed by atoms with E-state index in [1.807, 2.05) is 13.8 Å². The second kappa shape index (κ2) is 6.37. The minimum atomic E-state index is 0.530. The van der Waals surface area contributed by atoms with Crippen molar-refractivity contribution < 1.29 is 0 Å². The van der Waals surface area contributed by atoms with Gasteiger partial charge in [-0.1, -0.05) is 13.8 Å². The number of hydrogen-bond donors (Lipinski definition) is 3. The van der Waals surface area contributed by atoms with E-state index in [0.29, 0.717) is 17.2 Å². The highest BCUT2D eigenvalue weighted by molar-refractivity contribution is 5.96. The lowest BCUT2D eigenvalue weighted by molar-refractivity contribution is 0.207. The van der Waals surface area contributed by atoms with Crippen molar-refractivity contribution in [2.45, 2.75) is 65.8 Å². The molecule has 1 aliphatic carbocycles. The van der Waals surface area contributed by atoms with Gasteiger partial charge in [0, 0.05) is 17.5 Å². The minimum Gasteiger partial charge on any atom is -0.402 e. The Kier molecular flexibility index (Phi) is 5.39. The summed E-state index contributed by atoms with van der Waals surface area (Å²) in [6.07, 6.45) is 6.05. The Labute approximate surface area is 112 Å². The van der Waals surface area contributed by atoms with E-state index >= 15 is 0 Å². The highest BCUT2D eigenvalue weighted by Crippen LogP contribution is 2.34. The number of allylic oxidation sites excluding steroid dienone is 1. The maximum absolute atomic E-state index is 7.69. The molecule has 0 bridgehead atoms. The first-order valence-electron chi connectivity index (χ1n) is 7.06. The highest BCUT2D eigenvalue weighted by atomic mass is 14.9. The summed E-state index contributed by atoms with van der Waals surface area (Å²) in [6, 6.07) is 0.656. The summed E-state index contributed by atoms with van der Waals surface area (Å²) in [6.45, 7) is 9.36. The molecule has 0 radical (unpaired) electrons. The average molecular weight is 251 g/mol. The van der Waals surface area contributed by atoms with Gasteiger partial charge in [-0.2, -0.15) is 0 Å². The molecule has 18 heavy (non-hydrogen) atoms. The summed E-state index contributed by atoms with van der Waals surface area (Å²) in [7, 11) is 0. The molecular formula is C15H29N3. The lowest BCUT2D eigenvalue weighted by Gasteiger charge is -2.34. The van der Waals surface area contributed by atoms with Gasteiger partial charge in [0.15, 0.2) is 0 Å². The largest absolute Gasteiger partial charge is 0.402 e. The van der Waals surface area contributed by atoms with Crippen LogP contribution >= 0.6 is 0 Å². The van der Waals surface area contributed by atoms with Crippen molar-refractivity contribution >= 4 is 5.71 Å². The molecule has 4 N–H and O–H groups in total.